The maximum atomic E-state index is 5.36. The summed E-state index contributed by atoms with van der Waals surface area (Å²) in [6.07, 6.45) is 4.00. The Morgan fingerprint density at radius 3 is 1.89 bits per heavy atom. The summed E-state index contributed by atoms with van der Waals surface area (Å²) in [6, 6.07) is 0. The van der Waals surface area contributed by atoms with Crippen molar-refractivity contribution in [1.82, 2.24) is 0 Å². The van der Waals surface area contributed by atoms with Gasteiger partial charge in [-0.05, 0) is 12.3 Å². The second-order valence-electron chi connectivity index (χ2n) is 2.75. The van der Waals surface area contributed by atoms with Crippen LogP contribution in [0.1, 0.15) is 33.6 Å². The molecule has 3 fully saturated rings. The summed E-state index contributed by atoms with van der Waals surface area (Å²) < 4.78 is 5.36. The van der Waals surface area contributed by atoms with E-state index in [4.69, 9.17) is 4.74 Å². The summed E-state index contributed by atoms with van der Waals surface area (Å²) in [6.45, 7) is 6.28. The van der Waals surface area contributed by atoms with Crippen LogP contribution in [-0.4, -0.2) is 12.2 Å². The smallest absolute Gasteiger partial charge is 0.0630 e. The van der Waals surface area contributed by atoms with Gasteiger partial charge in [0, 0.05) is 6.42 Å². The Kier molecular flexibility index (Phi) is 2.12. The Labute approximate surface area is 57.4 Å². The van der Waals surface area contributed by atoms with E-state index in [1.54, 1.807) is 0 Å². The highest BCUT2D eigenvalue weighted by molar-refractivity contribution is 4.91. The van der Waals surface area contributed by atoms with Crippen molar-refractivity contribution in [1.29, 1.82) is 0 Å². The number of hydrogen-bond acceptors (Lipinski definition) is 1. The molecule has 1 heteroatoms. The molecule has 0 aromatic heterocycles. The van der Waals surface area contributed by atoms with Crippen molar-refractivity contribution in [3.05, 3.63) is 0 Å². The fraction of sp³-hybridized carbons (Fsp3) is 1.00. The second-order valence-corrected chi connectivity index (χ2v) is 2.75. The average molecular weight is 128 g/mol. The van der Waals surface area contributed by atoms with E-state index < -0.39 is 0 Å². The van der Waals surface area contributed by atoms with Crippen molar-refractivity contribution in [3.8, 4) is 0 Å². The highest BCUT2D eigenvalue weighted by atomic mass is 16.5. The Morgan fingerprint density at radius 1 is 1.22 bits per heavy atom. The van der Waals surface area contributed by atoms with Gasteiger partial charge in [-0.2, -0.15) is 0 Å². The largest absolute Gasteiger partial charge is 0.374 e. The van der Waals surface area contributed by atoms with E-state index in [1.807, 2.05) is 13.8 Å². The quantitative estimate of drug-likeness (QED) is 0.486. The predicted molar refractivity (Wildman–Crippen MR) is 38.4 cm³/mol. The molecule has 54 valence electrons. The molecular formula is C8H16O. The van der Waals surface area contributed by atoms with E-state index in [2.05, 4.69) is 6.92 Å². The van der Waals surface area contributed by atoms with E-state index in [0.717, 1.165) is 5.92 Å². The summed E-state index contributed by atoms with van der Waals surface area (Å²) in [4.78, 5) is 0. The van der Waals surface area contributed by atoms with Crippen LogP contribution in [-0.2, 0) is 4.74 Å². The van der Waals surface area contributed by atoms with Crippen molar-refractivity contribution < 1.29 is 4.74 Å². The lowest BCUT2D eigenvalue weighted by atomic mass is 10.1. The van der Waals surface area contributed by atoms with Crippen molar-refractivity contribution in [2.45, 2.75) is 45.8 Å². The van der Waals surface area contributed by atoms with Crippen molar-refractivity contribution in [2.75, 3.05) is 0 Å². The lowest BCUT2D eigenvalue weighted by Gasteiger charge is -2.24. The number of rotatable bonds is 0. The third-order valence-corrected chi connectivity index (χ3v) is 2.13. The van der Waals surface area contributed by atoms with Crippen LogP contribution >= 0.6 is 0 Å². The summed E-state index contributed by atoms with van der Waals surface area (Å²) in [5, 5.41) is 0. The van der Waals surface area contributed by atoms with Crippen LogP contribution in [0.3, 0.4) is 0 Å². The maximum Gasteiger partial charge on any atom is 0.0630 e. The van der Waals surface area contributed by atoms with E-state index in [1.165, 1.54) is 12.8 Å². The topological polar surface area (TPSA) is 9.23 Å². The van der Waals surface area contributed by atoms with Crippen LogP contribution < -0.4 is 0 Å². The molecule has 1 saturated carbocycles. The van der Waals surface area contributed by atoms with Gasteiger partial charge in [-0.3, -0.25) is 0 Å². The zero-order valence-electron chi connectivity index (χ0n) is 6.55. The van der Waals surface area contributed by atoms with Gasteiger partial charge in [0.25, 0.3) is 0 Å². The summed E-state index contributed by atoms with van der Waals surface area (Å²) in [5.41, 5.74) is 0. The van der Waals surface area contributed by atoms with Gasteiger partial charge < -0.3 is 4.74 Å². The first-order valence-corrected chi connectivity index (χ1v) is 4.02. The zero-order valence-corrected chi connectivity index (χ0v) is 6.55. The Hall–Kier alpha value is -0.0400. The molecule has 0 radical (unpaired) electrons. The van der Waals surface area contributed by atoms with Gasteiger partial charge >= 0.3 is 0 Å². The lowest BCUT2D eigenvalue weighted by Crippen LogP contribution is -2.27. The number of fused-ring (bicyclic) bond motifs is 1. The molecule has 0 aromatic carbocycles. The van der Waals surface area contributed by atoms with Crippen LogP contribution in [0, 0.1) is 5.92 Å². The van der Waals surface area contributed by atoms with Crippen molar-refractivity contribution in [3.63, 3.8) is 0 Å². The predicted octanol–water partition coefficient (Wildman–Crippen LogP) is 2.21. The molecule has 1 aliphatic carbocycles. The minimum atomic E-state index is 0.657. The molecule has 2 heterocycles. The fourth-order valence-corrected chi connectivity index (χ4v) is 1.58. The second kappa shape index (κ2) is 2.70. The van der Waals surface area contributed by atoms with Crippen LogP contribution in [0.25, 0.3) is 0 Å². The van der Waals surface area contributed by atoms with Crippen LogP contribution in [0.15, 0.2) is 0 Å². The molecule has 2 aliphatic heterocycles. The fourth-order valence-electron chi connectivity index (χ4n) is 1.58. The average Bonchev–Trinajstić information content (AvgIpc) is 2.26. The van der Waals surface area contributed by atoms with Crippen molar-refractivity contribution in [2.24, 2.45) is 5.92 Å². The molecule has 0 spiro atoms. The summed E-state index contributed by atoms with van der Waals surface area (Å²) >= 11 is 0. The zero-order chi connectivity index (χ0) is 6.85. The van der Waals surface area contributed by atoms with E-state index in [9.17, 15) is 0 Å². The van der Waals surface area contributed by atoms with Gasteiger partial charge in [0.1, 0.15) is 0 Å². The molecule has 3 aliphatic rings. The Morgan fingerprint density at radius 2 is 1.78 bits per heavy atom. The normalized spacial score (nSPS) is 45.0. The van der Waals surface area contributed by atoms with Gasteiger partial charge in [0.15, 0.2) is 0 Å². The highest BCUT2D eigenvalue weighted by Gasteiger charge is 2.42. The molecular weight excluding hydrogens is 112 g/mol. The summed E-state index contributed by atoms with van der Waals surface area (Å²) in [7, 11) is 0. The van der Waals surface area contributed by atoms with Gasteiger partial charge in [0.05, 0.1) is 12.2 Å². The SMILES string of the molecule is CC.CC1CC2CC1O2. The van der Waals surface area contributed by atoms with Gasteiger partial charge in [-0.15, -0.1) is 0 Å². The molecule has 0 amide bonds. The standard InChI is InChI=1S/C6H10O.C2H6/c1-4-2-5-3-6(4)7-5;1-2/h4-6H,2-3H2,1H3;1-2H3. The van der Waals surface area contributed by atoms with Gasteiger partial charge in [-0.25, -0.2) is 0 Å². The van der Waals surface area contributed by atoms with Crippen LogP contribution in [0.4, 0.5) is 0 Å². The lowest BCUT2D eigenvalue weighted by molar-refractivity contribution is -0.0730. The molecule has 9 heavy (non-hydrogen) atoms. The first-order valence-electron chi connectivity index (χ1n) is 4.02. The first-order chi connectivity index (χ1) is 4.36. The molecule has 3 atom stereocenters. The van der Waals surface area contributed by atoms with Crippen LogP contribution in [0.5, 0.6) is 0 Å². The minimum absolute atomic E-state index is 0.657. The third kappa shape index (κ3) is 1.11. The van der Waals surface area contributed by atoms with Gasteiger partial charge in [-0.1, -0.05) is 20.8 Å². The van der Waals surface area contributed by atoms with Crippen LogP contribution in [0.2, 0.25) is 0 Å². The molecule has 2 saturated heterocycles. The molecule has 3 unspecified atom stereocenters. The van der Waals surface area contributed by atoms with Gasteiger partial charge in [0.2, 0.25) is 0 Å². The summed E-state index contributed by atoms with van der Waals surface area (Å²) in [5.74, 6) is 0.866. The van der Waals surface area contributed by atoms with E-state index in [0.29, 0.717) is 12.2 Å². The molecule has 1 nitrogen and oxygen atoms in total. The molecule has 0 N–H and O–H groups in total. The van der Waals surface area contributed by atoms with Crippen molar-refractivity contribution >= 4 is 0 Å². The number of ether oxygens (including phenoxy) is 1. The van der Waals surface area contributed by atoms with E-state index in [-0.39, 0.29) is 0 Å². The van der Waals surface area contributed by atoms with E-state index >= 15 is 0 Å². The minimum Gasteiger partial charge on any atom is -0.374 e. The monoisotopic (exact) mass is 128 g/mol. The Balaban J connectivity index is 0.000000186. The maximum absolute atomic E-state index is 5.36. The first kappa shape index (κ1) is 7.07. The number of hydrogen-bond donors (Lipinski definition) is 0. The third-order valence-electron chi connectivity index (χ3n) is 2.13. The molecule has 3 rings (SSSR count). The Bertz CT molecular complexity index is 84.6. The molecule has 2 bridgehead atoms. The molecule has 0 aromatic rings. The highest BCUT2D eigenvalue weighted by Crippen LogP contribution is 2.40.